The first-order valence-corrected chi connectivity index (χ1v) is 10.4. The van der Waals surface area contributed by atoms with Gasteiger partial charge in [-0.1, -0.05) is 0 Å². The fraction of sp³-hybridized carbons (Fsp3) is 0.917. The van der Waals surface area contributed by atoms with E-state index < -0.39 is 37.4 Å². The summed E-state index contributed by atoms with van der Waals surface area (Å²) in [6, 6.07) is -1.18. The minimum absolute atomic E-state index is 0.135. The number of ether oxygens (including phenoxy) is 1. The van der Waals surface area contributed by atoms with Crippen LogP contribution in [0.4, 0.5) is 0 Å². The highest BCUT2D eigenvalue weighted by molar-refractivity contribution is 7.90. The summed E-state index contributed by atoms with van der Waals surface area (Å²) in [5.74, 6) is 0. The molecule has 0 heterocycles. The van der Waals surface area contributed by atoms with Crippen LogP contribution >= 0.6 is 0 Å². The maximum absolute atomic E-state index is 12.2. The van der Waals surface area contributed by atoms with Crippen molar-refractivity contribution in [3.8, 4) is 0 Å². The van der Waals surface area contributed by atoms with E-state index in [4.69, 9.17) is 11.3 Å². The average Bonchev–Trinajstić information content (AvgIpc) is 2.42. The molecule has 0 aromatic heterocycles. The lowest BCUT2D eigenvalue weighted by molar-refractivity contribution is 0.196. The summed E-state index contributed by atoms with van der Waals surface area (Å²) in [5.41, 5.74) is 0. The molecule has 3 atom stereocenters. The molecule has 8 nitrogen and oxygen atoms in total. The second kappa shape index (κ2) is 8.21. The Balaban J connectivity index is 2.64. The molecule has 1 rings (SSSR count). The van der Waals surface area contributed by atoms with Gasteiger partial charge in [-0.05, 0) is 19.3 Å². The Morgan fingerprint density at radius 3 is 2.50 bits per heavy atom. The summed E-state index contributed by atoms with van der Waals surface area (Å²) >= 11 is 0. The van der Waals surface area contributed by atoms with Gasteiger partial charge in [0.25, 0.3) is 0 Å². The van der Waals surface area contributed by atoms with Gasteiger partial charge < -0.3 is 9.58 Å². The molecule has 128 valence electrons. The lowest BCUT2D eigenvalue weighted by Crippen LogP contribution is -2.49. The van der Waals surface area contributed by atoms with Crippen LogP contribution < -0.4 is 9.44 Å². The van der Waals surface area contributed by atoms with Crippen molar-refractivity contribution >= 4 is 20.0 Å². The highest BCUT2D eigenvalue weighted by Crippen LogP contribution is 2.26. The summed E-state index contributed by atoms with van der Waals surface area (Å²) in [7, 11) is -5.37. The third kappa shape index (κ3) is 6.18. The molecule has 0 aliphatic heterocycles. The SMILES string of the molecule is [C-]#[N+]C1CC(S(=O)(=O)NCCCOC)CCC1NS(C)(=O)=O. The summed E-state index contributed by atoms with van der Waals surface area (Å²) in [5, 5.41) is -0.660. The molecule has 0 aromatic carbocycles. The van der Waals surface area contributed by atoms with Crippen molar-refractivity contribution in [1.82, 2.24) is 9.44 Å². The van der Waals surface area contributed by atoms with E-state index >= 15 is 0 Å². The number of rotatable bonds is 8. The third-order valence-corrected chi connectivity index (χ3v) is 6.21. The zero-order valence-corrected chi connectivity index (χ0v) is 14.4. The van der Waals surface area contributed by atoms with E-state index in [0.29, 0.717) is 32.4 Å². The Morgan fingerprint density at radius 1 is 1.27 bits per heavy atom. The van der Waals surface area contributed by atoms with Crippen LogP contribution in [-0.2, 0) is 24.8 Å². The number of sulfonamides is 2. The Morgan fingerprint density at radius 2 is 1.95 bits per heavy atom. The van der Waals surface area contributed by atoms with E-state index in [2.05, 4.69) is 14.3 Å². The molecule has 1 fully saturated rings. The number of methoxy groups -OCH3 is 1. The van der Waals surface area contributed by atoms with Gasteiger partial charge in [0.15, 0.2) is 0 Å². The number of hydrogen-bond acceptors (Lipinski definition) is 5. The Hall–Kier alpha value is -0.730. The summed E-state index contributed by atoms with van der Waals surface area (Å²) in [6.45, 7) is 7.94. The van der Waals surface area contributed by atoms with Crippen molar-refractivity contribution in [2.24, 2.45) is 0 Å². The number of hydrogen-bond donors (Lipinski definition) is 2. The van der Waals surface area contributed by atoms with Gasteiger partial charge in [-0.2, -0.15) is 0 Å². The first kappa shape index (κ1) is 19.3. The van der Waals surface area contributed by atoms with E-state index in [1.807, 2.05) is 0 Å². The van der Waals surface area contributed by atoms with Crippen LogP contribution in [0.15, 0.2) is 0 Å². The monoisotopic (exact) mass is 353 g/mol. The van der Waals surface area contributed by atoms with Gasteiger partial charge in [0.2, 0.25) is 26.1 Å². The van der Waals surface area contributed by atoms with Crippen molar-refractivity contribution in [2.45, 2.75) is 43.0 Å². The highest BCUT2D eigenvalue weighted by atomic mass is 32.2. The van der Waals surface area contributed by atoms with Crippen LogP contribution in [0, 0.1) is 6.57 Å². The smallest absolute Gasteiger partial charge is 0.241 e. The van der Waals surface area contributed by atoms with Crippen LogP contribution in [0.5, 0.6) is 0 Å². The van der Waals surface area contributed by atoms with Crippen molar-refractivity contribution in [1.29, 1.82) is 0 Å². The van der Waals surface area contributed by atoms with Crippen molar-refractivity contribution in [2.75, 3.05) is 26.5 Å². The topological polar surface area (TPSA) is 106 Å². The summed E-state index contributed by atoms with van der Waals surface area (Å²) in [6.07, 6.45) is 2.42. The van der Waals surface area contributed by atoms with Gasteiger partial charge in [-0.25, -0.2) is 32.9 Å². The molecular weight excluding hydrogens is 330 g/mol. The van der Waals surface area contributed by atoms with E-state index in [9.17, 15) is 16.8 Å². The lowest BCUT2D eigenvalue weighted by atomic mass is 9.91. The van der Waals surface area contributed by atoms with Crippen LogP contribution in [0.1, 0.15) is 25.7 Å². The van der Waals surface area contributed by atoms with Gasteiger partial charge in [0.05, 0.1) is 17.5 Å². The quantitative estimate of drug-likeness (QED) is 0.460. The molecule has 0 spiro atoms. The van der Waals surface area contributed by atoms with E-state index in [-0.39, 0.29) is 6.42 Å². The van der Waals surface area contributed by atoms with Gasteiger partial charge in [0, 0.05) is 26.7 Å². The Labute approximate surface area is 132 Å². The standard InChI is InChI=1S/C12H23N3O5S2/c1-13-12-9-10(5-6-11(12)15-21(3,16)17)22(18,19)14-7-4-8-20-2/h10-12,14-15H,4-9H2,2-3H3. The molecule has 2 N–H and O–H groups in total. The fourth-order valence-electron chi connectivity index (χ4n) is 2.50. The maximum Gasteiger partial charge on any atom is 0.241 e. The Bertz CT molecular complexity index is 597. The normalized spacial score (nSPS) is 26.5. The third-order valence-electron chi connectivity index (χ3n) is 3.57. The van der Waals surface area contributed by atoms with Crippen molar-refractivity contribution in [3.63, 3.8) is 0 Å². The zero-order valence-electron chi connectivity index (χ0n) is 12.8. The van der Waals surface area contributed by atoms with Crippen LogP contribution in [0.2, 0.25) is 0 Å². The van der Waals surface area contributed by atoms with Crippen LogP contribution in [0.3, 0.4) is 0 Å². The van der Waals surface area contributed by atoms with E-state index in [1.165, 1.54) is 0 Å². The molecule has 3 unspecified atom stereocenters. The first-order valence-electron chi connectivity index (χ1n) is 7.01. The number of nitrogens with zero attached hydrogens (tertiary/aromatic N) is 1. The van der Waals surface area contributed by atoms with Gasteiger partial charge in [0.1, 0.15) is 0 Å². The van der Waals surface area contributed by atoms with Gasteiger partial charge in [-0.3, -0.25) is 0 Å². The van der Waals surface area contributed by atoms with E-state index in [0.717, 1.165) is 6.26 Å². The van der Waals surface area contributed by atoms with Crippen molar-refractivity contribution < 1.29 is 21.6 Å². The minimum atomic E-state index is -3.50. The zero-order chi connectivity index (χ0) is 16.8. The second-order valence-electron chi connectivity index (χ2n) is 5.41. The molecule has 0 aromatic rings. The predicted molar refractivity (Wildman–Crippen MR) is 83.2 cm³/mol. The maximum atomic E-state index is 12.2. The molecule has 1 saturated carbocycles. The molecular formula is C12H23N3O5S2. The molecule has 22 heavy (non-hydrogen) atoms. The predicted octanol–water partition coefficient (Wildman–Crippen LogP) is -0.300. The summed E-state index contributed by atoms with van der Waals surface area (Å²) < 4.78 is 56.8. The Kier molecular flexibility index (Phi) is 7.21. The molecule has 0 bridgehead atoms. The second-order valence-corrected chi connectivity index (χ2v) is 9.24. The molecule has 1 aliphatic carbocycles. The fourth-order valence-corrected chi connectivity index (χ4v) is 4.88. The van der Waals surface area contributed by atoms with Crippen LogP contribution in [0.25, 0.3) is 4.85 Å². The van der Waals surface area contributed by atoms with Crippen molar-refractivity contribution in [3.05, 3.63) is 11.4 Å². The molecule has 10 heteroatoms. The number of nitrogens with one attached hydrogen (secondary N) is 2. The largest absolute Gasteiger partial charge is 0.385 e. The minimum Gasteiger partial charge on any atom is -0.385 e. The van der Waals surface area contributed by atoms with Gasteiger partial charge in [-0.15, -0.1) is 0 Å². The molecule has 0 amide bonds. The average molecular weight is 353 g/mol. The van der Waals surface area contributed by atoms with Crippen LogP contribution in [-0.4, -0.2) is 60.7 Å². The summed E-state index contributed by atoms with van der Waals surface area (Å²) in [4.78, 5) is 3.40. The first-order chi connectivity index (χ1) is 10.2. The highest BCUT2D eigenvalue weighted by Gasteiger charge is 2.41. The van der Waals surface area contributed by atoms with E-state index in [1.54, 1.807) is 7.11 Å². The molecule has 0 radical (unpaired) electrons. The molecule has 0 saturated heterocycles. The lowest BCUT2D eigenvalue weighted by Gasteiger charge is -2.29. The van der Waals surface area contributed by atoms with Gasteiger partial charge >= 0.3 is 0 Å². The molecule has 1 aliphatic rings.